The first-order valence-electron chi connectivity index (χ1n) is 7.95. The molecule has 24 heavy (non-hydrogen) atoms. The number of aryl methyl sites for hydroxylation is 1. The van der Waals surface area contributed by atoms with Gasteiger partial charge in [0.15, 0.2) is 0 Å². The second-order valence-electron chi connectivity index (χ2n) is 6.10. The maximum atomic E-state index is 12.8. The van der Waals surface area contributed by atoms with E-state index < -0.39 is 12.1 Å². The molecule has 0 unspecified atom stereocenters. The number of carbonyl (C=O) groups is 1. The molecule has 3 rings (SSSR count). The summed E-state index contributed by atoms with van der Waals surface area (Å²) in [5.41, 5.74) is 1.50. The van der Waals surface area contributed by atoms with Crippen molar-refractivity contribution in [1.29, 1.82) is 0 Å². The first kappa shape index (κ1) is 17.3. The fourth-order valence-corrected chi connectivity index (χ4v) is 3.63. The van der Waals surface area contributed by atoms with Crippen molar-refractivity contribution >= 4 is 32.7 Å². The van der Waals surface area contributed by atoms with E-state index in [4.69, 9.17) is 0 Å². The van der Waals surface area contributed by atoms with Gasteiger partial charge in [-0.25, -0.2) is 0 Å². The van der Waals surface area contributed by atoms with Crippen LogP contribution in [0.15, 0.2) is 28.9 Å². The molecule has 1 saturated heterocycles. The third-order valence-corrected chi connectivity index (χ3v) is 5.15. The van der Waals surface area contributed by atoms with Gasteiger partial charge in [0.25, 0.3) is 5.91 Å². The van der Waals surface area contributed by atoms with E-state index in [1.54, 1.807) is 11.1 Å². The van der Waals surface area contributed by atoms with E-state index in [-0.39, 0.29) is 31.8 Å². The molecule has 1 amide bonds. The van der Waals surface area contributed by atoms with E-state index in [0.717, 1.165) is 21.9 Å². The molecule has 2 heterocycles. The van der Waals surface area contributed by atoms with Crippen molar-refractivity contribution in [2.24, 2.45) is 5.92 Å². The number of benzene rings is 1. The highest BCUT2D eigenvalue weighted by Gasteiger charge is 2.41. The van der Waals surface area contributed by atoms with Gasteiger partial charge in [0.05, 0.1) is 11.5 Å². The summed E-state index contributed by atoms with van der Waals surface area (Å²) in [7, 11) is 0. The fraction of sp³-hybridized carbons (Fsp3) is 0.471. The third-order valence-electron chi connectivity index (χ3n) is 4.66. The maximum absolute atomic E-state index is 12.8. The van der Waals surface area contributed by atoms with Gasteiger partial charge < -0.3 is 9.47 Å². The summed E-state index contributed by atoms with van der Waals surface area (Å²) >= 11 is 3.43. The summed E-state index contributed by atoms with van der Waals surface area (Å²) in [6.45, 7) is 3.01. The van der Waals surface area contributed by atoms with Crippen molar-refractivity contribution < 1.29 is 18.0 Å². The average molecular weight is 403 g/mol. The van der Waals surface area contributed by atoms with Gasteiger partial charge in [-0.1, -0.05) is 22.0 Å². The molecule has 0 bridgehead atoms. The van der Waals surface area contributed by atoms with Crippen LogP contribution in [0.1, 0.15) is 30.1 Å². The highest BCUT2D eigenvalue weighted by Crippen LogP contribution is 2.35. The lowest BCUT2D eigenvalue weighted by atomic mass is 9.96. The molecule has 1 aliphatic heterocycles. The van der Waals surface area contributed by atoms with Gasteiger partial charge in [-0.2, -0.15) is 13.2 Å². The number of amides is 1. The van der Waals surface area contributed by atoms with Crippen molar-refractivity contribution in [3.05, 3.63) is 34.4 Å². The molecular formula is C17H18BrF3N2O. The van der Waals surface area contributed by atoms with Crippen LogP contribution in [0.25, 0.3) is 10.9 Å². The second kappa shape index (κ2) is 6.43. The summed E-state index contributed by atoms with van der Waals surface area (Å²) in [5.74, 6) is -1.48. The predicted molar refractivity (Wildman–Crippen MR) is 90.0 cm³/mol. The van der Waals surface area contributed by atoms with Crippen molar-refractivity contribution in [2.45, 2.75) is 32.5 Å². The van der Waals surface area contributed by atoms with Crippen LogP contribution in [0.3, 0.4) is 0 Å². The topological polar surface area (TPSA) is 25.2 Å². The Morgan fingerprint density at radius 3 is 2.54 bits per heavy atom. The van der Waals surface area contributed by atoms with Crippen LogP contribution in [0, 0.1) is 5.92 Å². The van der Waals surface area contributed by atoms with E-state index >= 15 is 0 Å². The van der Waals surface area contributed by atoms with E-state index in [9.17, 15) is 18.0 Å². The number of likely N-dealkylation sites (tertiary alicyclic amines) is 1. The summed E-state index contributed by atoms with van der Waals surface area (Å²) in [5, 5.41) is 0.836. The second-order valence-corrected chi connectivity index (χ2v) is 7.01. The third kappa shape index (κ3) is 3.18. The molecule has 2 aromatic rings. The zero-order chi connectivity index (χ0) is 17.5. The first-order valence-corrected chi connectivity index (χ1v) is 8.75. The lowest BCUT2D eigenvalue weighted by Gasteiger charge is -2.32. The molecule has 130 valence electrons. The molecule has 0 saturated carbocycles. The zero-order valence-electron chi connectivity index (χ0n) is 13.2. The molecule has 0 N–H and O–H groups in total. The molecular weight excluding hydrogens is 385 g/mol. The minimum atomic E-state index is -4.17. The SMILES string of the molecule is CCn1cc(C(=O)N2CCC(C(F)(F)F)CC2)c2ccc(Br)cc21. The van der Waals surface area contributed by atoms with Crippen molar-refractivity contribution in [3.8, 4) is 0 Å². The Kier molecular flexibility index (Phi) is 4.64. The van der Waals surface area contributed by atoms with Gasteiger partial charge in [0.2, 0.25) is 0 Å². The number of hydrogen-bond acceptors (Lipinski definition) is 1. The number of rotatable bonds is 2. The molecule has 1 aromatic heterocycles. The van der Waals surface area contributed by atoms with E-state index in [1.807, 2.05) is 29.7 Å². The molecule has 0 aliphatic carbocycles. The average Bonchev–Trinajstić information content (AvgIpc) is 2.91. The molecule has 1 fully saturated rings. The van der Waals surface area contributed by atoms with Crippen molar-refractivity contribution in [3.63, 3.8) is 0 Å². The van der Waals surface area contributed by atoms with Crippen LogP contribution < -0.4 is 0 Å². The van der Waals surface area contributed by atoms with Crippen LogP contribution in [0.5, 0.6) is 0 Å². The Balaban J connectivity index is 1.85. The zero-order valence-corrected chi connectivity index (χ0v) is 14.8. The first-order chi connectivity index (χ1) is 11.3. The van der Waals surface area contributed by atoms with Crippen molar-refractivity contribution in [1.82, 2.24) is 9.47 Å². The largest absolute Gasteiger partial charge is 0.391 e. The fourth-order valence-electron chi connectivity index (χ4n) is 3.28. The van der Waals surface area contributed by atoms with Crippen LogP contribution >= 0.6 is 15.9 Å². The Morgan fingerprint density at radius 2 is 1.96 bits per heavy atom. The number of nitrogens with zero attached hydrogens (tertiary/aromatic N) is 2. The van der Waals surface area contributed by atoms with E-state index in [0.29, 0.717) is 5.56 Å². The summed E-state index contributed by atoms with van der Waals surface area (Å²) < 4.78 is 41.2. The molecule has 7 heteroatoms. The van der Waals surface area contributed by atoms with Gasteiger partial charge in [0.1, 0.15) is 0 Å². The highest BCUT2D eigenvalue weighted by molar-refractivity contribution is 9.10. The Bertz CT molecular complexity index is 761. The minimum Gasteiger partial charge on any atom is -0.347 e. The van der Waals surface area contributed by atoms with Crippen LogP contribution in [0.2, 0.25) is 0 Å². The maximum Gasteiger partial charge on any atom is 0.391 e. The van der Waals surface area contributed by atoms with E-state index in [1.165, 1.54) is 0 Å². The van der Waals surface area contributed by atoms with Crippen LogP contribution in [0.4, 0.5) is 13.2 Å². The van der Waals surface area contributed by atoms with Gasteiger partial charge in [-0.05, 0) is 31.9 Å². The lowest BCUT2D eigenvalue weighted by molar-refractivity contribution is -0.183. The molecule has 1 aliphatic rings. The van der Waals surface area contributed by atoms with Gasteiger partial charge in [-0.15, -0.1) is 0 Å². The predicted octanol–water partition coefficient (Wildman–Crippen LogP) is 4.84. The number of piperidine rings is 1. The summed E-state index contributed by atoms with van der Waals surface area (Å²) in [6, 6.07) is 5.70. The Labute approximate surface area is 146 Å². The Morgan fingerprint density at radius 1 is 1.29 bits per heavy atom. The minimum absolute atomic E-state index is 0.0206. The van der Waals surface area contributed by atoms with Gasteiger partial charge in [-0.3, -0.25) is 4.79 Å². The van der Waals surface area contributed by atoms with Crippen molar-refractivity contribution in [2.75, 3.05) is 13.1 Å². The number of halogens is 4. The van der Waals surface area contributed by atoms with Crippen LogP contribution in [-0.4, -0.2) is 34.6 Å². The lowest BCUT2D eigenvalue weighted by Crippen LogP contribution is -2.42. The highest BCUT2D eigenvalue weighted by atomic mass is 79.9. The quantitative estimate of drug-likeness (QED) is 0.705. The van der Waals surface area contributed by atoms with Crippen LogP contribution in [-0.2, 0) is 6.54 Å². The number of hydrogen-bond donors (Lipinski definition) is 0. The monoisotopic (exact) mass is 402 g/mol. The molecule has 0 spiro atoms. The molecule has 3 nitrogen and oxygen atoms in total. The molecule has 0 atom stereocenters. The summed E-state index contributed by atoms with van der Waals surface area (Å²) in [4.78, 5) is 14.3. The number of carbonyl (C=O) groups excluding carboxylic acids is 1. The van der Waals surface area contributed by atoms with Gasteiger partial charge >= 0.3 is 6.18 Å². The summed E-state index contributed by atoms with van der Waals surface area (Å²) in [6.07, 6.45) is -2.41. The number of fused-ring (bicyclic) bond motifs is 1. The smallest absolute Gasteiger partial charge is 0.347 e. The Hall–Kier alpha value is -1.50. The van der Waals surface area contributed by atoms with Gasteiger partial charge in [0, 0.05) is 41.2 Å². The normalized spacial score (nSPS) is 16.8. The number of alkyl halides is 3. The number of aromatic nitrogens is 1. The molecule has 0 radical (unpaired) electrons. The van der Waals surface area contributed by atoms with E-state index in [2.05, 4.69) is 15.9 Å². The standard InChI is InChI=1S/C17H18BrF3N2O/c1-2-22-10-14(13-4-3-12(18)9-15(13)22)16(24)23-7-5-11(6-8-23)17(19,20)21/h3-4,9-11H,2,5-8H2,1H3. The molecule has 1 aromatic carbocycles.